The highest BCUT2D eigenvalue weighted by molar-refractivity contribution is 6.01. The number of carbonyl (C=O) groups is 3. The minimum Gasteiger partial charge on any atom is -0.478 e. The Morgan fingerprint density at radius 2 is 1.75 bits per heavy atom. The molecule has 0 aliphatic carbocycles. The van der Waals surface area contributed by atoms with Gasteiger partial charge in [-0.15, -0.1) is 0 Å². The normalized spacial score (nSPS) is 20.5. The molecule has 0 bridgehead atoms. The molecule has 7 nitrogen and oxygen atoms in total. The van der Waals surface area contributed by atoms with E-state index in [4.69, 9.17) is 4.74 Å². The van der Waals surface area contributed by atoms with Crippen LogP contribution in [-0.2, 0) is 14.4 Å². The van der Waals surface area contributed by atoms with E-state index in [0.29, 0.717) is 37.6 Å². The topological polar surface area (TPSA) is 70.2 Å². The smallest absolute Gasteiger partial charge is 0.268 e. The van der Waals surface area contributed by atoms with Crippen LogP contribution in [0.2, 0.25) is 0 Å². The minimum absolute atomic E-state index is 0.0115. The number of amides is 3. The highest BCUT2D eigenvalue weighted by Gasteiger charge is 2.35. The molecule has 0 N–H and O–H groups in total. The fraction of sp³-hybridized carbons (Fsp3) is 0.471. The van der Waals surface area contributed by atoms with Crippen LogP contribution in [0.4, 0.5) is 5.69 Å². The van der Waals surface area contributed by atoms with Crippen molar-refractivity contribution < 1.29 is 19.1 Å². The molecule has 2 heterocycles. The van der Waals surface area contributed by atoms with Gasteiger partial charge in [-0.1, -0.05) is 12.1 Å². The zero-order valence-corrected chi connectivity index (χ0v) is 13.9. The van der Waals surface area contributed by atoms with Gasteiger partial charge in [0.05, 0.1) is 12.1 Å². The molecule has 1 saturated heterocycles. The minimum atomic E-state index is -0.803. The van der Waals surface area contributed by atoms with Crippen LogP contribution in [0.5, 0.6) is 5.75 Å². The number of para-hydroxylation sites is 2. The van der Waals surface area contributed by atoms with Crippen molar-refractivity contribution in [1.29, 1.82) is 0 Å². The second kappa shape index (κ2) is 6.51. The molecule has 0 saturated carbocycles. The van der Waals surface area contributed by atoms with Gasteiger partial charge in [0.25, 0.3) is 5.91 Å². The lowest BCUT2D eigenvalue weighted by Crippen LogP contribution is -2.52. The van der Waals surface area contributed by atoms with Gasteiger partial charge in [-0.25, -0.2) is 0 Å². The molecular weight excluding hydrogens is 310 g/mol. The molecule has 24 heavy (non-hydrogen) atoms. The number of benzene rings is 1. The molecule has 3 amide bonds. The quantitative estimate of drug-likeness (QED) is 0.791. The number of piperazine rings is 1. The van der Waals surface area contributed by atoms with Crippen molar-refractivity contribution in [3.05, 3.63) is 24.3 Å². The van der Waals surface area contributed by atoms with Crippen LogP contribution in [0.25, 0.3) is 0 Å². The number of nitrogens with zero attached hydrogens (tertiary/aromatic N) is 3. The van der Waals surface area contributed by atoms with Crippen molar-refractivity contribution in [2.75, 3.05) is 38.1 Å². The Morgan fingerprint density at radius 3 is 2.42 bits per heavy atom. The van der Waals surface area contributed by atoms with Crippen LogP contribution in [0, 0.1) is 0 Å². The molecule has 1 aromatic rings. The highest BCUT2D eigenvalue weighted by Crippen LogP contribution is 2.33. The molecule has 1 unspecified atom stereocenters. The molecular formula is C17H21N3O4. The van der Waals surface area contributed by atoms with E-state index in [-0.39, 0.29) is 24.1 Å². The predicted octanol–water partition coefficient (Wildman–Crippen LogP) is 0.491. The van der Waals surface area contributed by atoms with Gasteiger partial charge in [-0.05, 0) is 12.1 Å². The summed E-state index contributed by atoms with van der Waals surface area (Å²) in [6.45, 7) is 3.57. The average Bonchev–Trinajstić information content (AvgIpc) is 2.59. The Bertz CT molecular complexity index is 668. The predicted molar refractivity (Wildman–Crippen MR) is 87.7 cm³/mol. The lowest BCUT2D eigenvalue weighted by molar-refractivity contribution is -0.141. The first kappa shape index (κ1) is 16.3. The van der Waals surface area contributed by atoms with Crippen molar-refractivity contribution in [3.8, 4) is 5.75 Å². The zero-order valence-electron chi connectivity index (χ0n) is 13.9. The van der Waals surface area contributed by atoms with E-state index in [2.05, 4.69) is 0 Å². The standard InChI is InChI=1S/C17H21N3O4/c1-12(21)19-7-9-20(10-8-19)16(22)11-15-17(23)18(2)13-5-3-4-6-14(13)24-15/h3-6,15H,7-11H2,1-2H3. The van der Waals surface area contributed by atoms with Crippen LogP contribution in [0.15, 0.2) is 24.3 Å². The van der Waals surface area contributed by atoms with Gasteiger partial charge in [-0.3, -0.25) is 14.4 Å². The molecule has 2 aliphatic heterocycles. The Balaban J connectivity index is 1.63. The third kappa shape index (κ3) is 3.06. The average molecular weight is 331 g/mol. The van der Waals surface area contributed by atoms with Gasteiger partial charge in [0.2, 0.25) is 11.8 Å². The summed E-state index contributed by atoms with van der Waals surface area (Å²) in [5, 5.41) is 0. The van der Waals surface area contributed by atoms with E-state index in [1.807, 2.05) is 18.2 Å². The number of anilines is 1. The summed E-state index contributed by atoms with van der Waals surface area (Å²) in [6.07, 6.45) is -0.791. The maximum atomic E-state index is 12.5. The van der Waals surface area contributed by atoms with E-state index >= 15 is 0 Å². The highest BCUT2D eigenvalue weighted by atomic mass is 16.5. The van der Waals surface area contributed by atoms with Gasteiger partial charge in [0.1, 0.15) is 5.75 Å². The maximum absolute atomic E-state index is 12.5. The SMILES string of the molecule is CC(=O)N1CCN(C(=O)CC2Oc3ccccc3N(C)C2=O)CC1. The Kier molecular flexibility index (Phi) is 4.42. The van der Waals surface area contributed by atoms with Crippen molar-refractivity contribution in [3.63, 3.8) is 0 Å². The number of hydrogen-bond acceptors (Lipinski definition) is 4. The van der Waals surface area contributed by atoms with Crippen LogP contribution < -0.4 is 9.64 Å². The Morgan fingerprint density at radius 1 is 1.12 bits per heavy atom. The molecule has 128 valence electrons. The molecule has 1 fully saturated rings. The number of carbonyl (C=O) groups excluding carboxylic acids is 3. The number of ether oxygens (including phenoxy) is 1. The van der Waals surface area contributed by atoms with Crippen LogP contribution in [0.1, 0.15) is 13.3 Å². The fourth-order valence-corrected chi connectivity index (χ4v) is 3.06. The maximum Gasteiger partial charge on any atom is 0.268 e. The third-order valence-corrected chi connectivity index (χ3v) is 4.54. The second-order valence-corrected chi connectivity index (χ2v) is 6.06. The van der Waals surface area contributed by atoms with Crippen molar-refractivity contribution in [2.24, 2.45) is 0 Å². The number of rotatable bonds is 2. The summed E-state index contributed by atoms with van der Waals surface area (Å²) in [5.41, 5.74) is 0.710. The molecule has 3 rings (SSSR count). The van der Waals surface area contributed by atoms with Crippen LogP contribution in [-0.4, -0.2) is 66.9 Å². The van der Waals surface area contributed by atoms with Crippen LogP contribution in [0.3, 0.4) is 0 Å². The number of fused-ring (bicyclic) bond motifs is 1. The first-order valence-electron chi connectivity index (χ1n) is 8.04. The summed E-state index contributed by atoms with van der Waals surface area (Å²) in [6, 6.07) is 7.28. The lowest BCUT2D eigenvalue weighted by Gasteiger charge is -2.36. The van der Waals surface area contributed by atoms with E-state index in [1.54, 1.807) is 22.9 Å². The molecule has 0 spiro atoms. The Hall–Kier alpha value is -2.57. The van der Waals surface area contributed by atoms with E-state index in [0.717, 1.165) is 0 Å². The van der Waals surface area contributed by atoms with Gasteiger partial charge >= 0.3 is 0 Å². The number of hydrogen-bond donors (Lipinski definition) is 0. The summed E-state index contributed by atoms with van der Waals surface area (Å²) in [7, 11) is 1.69. The summed E-state index contributed by atoms with van der Waals surface area (Å²) in [5.74, 6) is 0.290. The van der Waals surface area contributed by atoms with E-state index < -0.39 is 6.10 Å². The zero-order chi connectivity index (χ0) is 17.3. The number of likely N-dealkylation sites (N-methyl/N-ethyl adjacent to an activating group) is 1. The first-order valence-corrected chi connectivity index (χ1v) is 8.04. The van der Waals surface area contributed by atoms with E-state index in [1.165, 1.54) is 11.8 Å². The van der Waals surface area contributed by atoms with Crippen LogP contribution >= 0.6 is 0 Å². The molecule has 1 atom stereocenters. The molecule has 0 aromatic heterocycles. The van der Waals surface area contributed by atoms with Crippen molar-refractivity contribution in [1.82, 2.24) is 9.80 Å². The van der Waals surface area contributed by atoms with Gasteiger partial charge in [-0.2, -0.15) is 0 Å². The summed E-state index contributed by atoms with van der Waals surface area (Å²) >= 11 is 0. The van der Waals surface area contributed by atoms with Gasteiger partial charge < -0.3 is 19.4 Å². The Labute approximate surface area is 140 Å². The first-order chi connectivity index (χ1) is 11.5. The van der Waals surface area contributed by atoms with Crippen molar-refractivity contribution >= 4 is 23.4 Å². The van der Waals surface area contributed by atoms with E-state index in [9.17, 15) is 14.4 Å². The second-order valence-electron chi connectivity index (χ2n) is 6.06. The molecule has 0 radical (unpaired) electrons. The monoisotopic (exact) mass is 331 g/mol. The fourth-order valence-electron chi connectivity index (χ4n) is 3.06. The van der Waals surface area contributed by atoms with Gasteiger partial charge in [0, 0.05) is 40.2 Å². The molecule has 7 heteroatoms. The summed E-state index contributed by atoms with van der Waals surface area (Å²) < 4.78 is 5.73. The van der Waals surface area contributed by atoms with Gasteiger partial charge in [0.15, 0.2) is 6.10 Å². The third-order valence-electron chi connectivity index (χ3n) is 4.54. The molecule has 2 aliphatic rings. The molecule has 1 aromatic carbocycles. The summed E-state index contributed by atoms with van der Waals surface area (Å²) in [4.78, 5) is 41.2. The van der Waals surface area contributed by atoms with Crippen molar-refractivity contribution in [2.45, 2.75) is 19.4 Å². The lowest BCUT2D eigenvalue weighted by atomic mass is 10.1. The largest absolute Gasteiger partial charge is 0.478 e.